The first-order chi connectivity index (χ1) is 11.9. The fourth-order valence-electron chi connectivity index (χ4n) is 2.34. The summed E-state index contributed by atoms with van der Waals surface area (Å²) in [4.78, 5) is 18.7. The van der Waals surface area contributed by atoms with Crippen LogP contribution in [0.4, 0.5) is 26.0 Å². The molecule has 3 rings (SSSR count). The molecule has 0 saturated heterocycles. The topological polar surface area (TPSA) is 98.8 Å². The van der Waals surface area contributed by atoms with Gasteiger partial charge in [-0.15, -0.1) is 0 Å². The third-order valence-electron chi connectivity index (χ3n) is 3.38. The van der Waals surface area contributed by atoms with Gasteiger partial charge in [0.1, 0.15) is 6.33 Å². The van der Waals surface area contributed by atoms with Crippen LogP contribution in [0.15, 0.2) is 30.6 Å². The number of halogens is 2. The summed E-state index contributed by atoms with van der Waals surface area (Å²) in [5.41, 5.74) is 0.997. The van der Waals surface area contributed by atoms with E-state index in [9.17, 15) is 18.9 Å². The van der Waals surface area contributed by atoms with Gasteiger partial charge in [0.2, 0.25) is 11.6 Å². The van der Waals surface area contributed by atoms with Crippen LogP contribution in [-0.4, -0.2) is 24.7 Å². The lowest BCUT2D eigenvalue weighted by molar-refractivity contribution is -0.384. The molecule has 0 amide bonds. The zero-order valence-corrected chi connectivity index (χ0v) is 13.2. The van der Waals surface area contributed by atoms with Gasteiger partial charge in [-0.05, 0) is 32.0 Å². The highest BCUT2D eigenvalue weighted by Gasteiger charge is 2.26. The van der Waals surface area contributed by atoms with Gasteiger partial charge in [-0.3, -0.25) is 10.1 Å². The summed E-state index contributed by atoms with van der Waals surface area (Å²) in [5.74, 6) is -2.30. The highest BCUT2D eigenvalue weighted by atomic mass is 19.2. The Hall–Kier alpha value is -3.43. The maximum absolute atomic E-state index is 13.3. The summed E-state index contributed by atoms with van der Waals surface area (Å²) >= 11 is 0. The summed E-state index contributed by atoms with van der Waals surface area (Å²) in [6.07, 6.45) is 1.13. The first kappa shape index (κ1) is 16.4. The highest BCUT2D eigenvalue weighted by molar-refractivity contribution is 5.70. The van der Waals surface area contributed by atoms with E-state index in [0.29, 0.717) is 11.4 Å². The standard InChI is InChI=1S/C15H12F2N6O2/c1-8-5-9(2)22(21-8)15-13(23(24)25)14(18-7-19-15)20-10-3-4-11(16)12(17)6-10/h3-7H,1-2H3,(H,18,19,20). The Morgan fingerprint density at radius 2 is 1.92 bits per heavy atom. The lowest BCUT2D eigenvalue weighted by Crippen LogP contribution is -2.10. The summed E-state index contributed by atoms with van der Waals surface area (Å²) in [5, 5.41) is 18.4. The number of nitrogens with zero attached hydrogens (tertiary/aromatic N) is 5. The maximum atomic E-state index is 13.3. The monoisotopic (exact) mass is 346 g/mol. The van der Waals surface area contributed by atoms with E-state index in [1.165, 1.54) is 10.7 Å². The second-order valence-electron chi connectivity index (χ2n) is 5.24. The molecule has 0 saturated carbocycles. The molecule has 10 heteroatoms. The molecule has 0 bridgehead atoms. The molecule has 0 atom stereocenters. The van der Waals surface area contributed by atoms with E-state index in [-0.39, 0.29) is 17.3 Å². The van der Waals surface area contributed by atoms with Crippen molar-refractivity contribution in [2.45, 2.75) is 13.8 Å². The van der Waals surface area contributed by atoms with E-state index < -0.39 is 22.2 Å². The van der Waals surface area contributed by atoms with Gasteiger partial charge in [-0.1, -0.05) is 0 Å². The van der Waals surface area contributed by atoms with E-state index in [1.807, 2.05) is 0 Å². The van der Waals surface area contributed by atoms with E-state index >= 15 is 0 Å². The maximum Gasteiger partial charge on any atom is 0.355 e. The third kappa shape index (κ3) is 3.13. The predicted molar refractivity (Wildman–Crippen MR) is 84.9 cm³/mol. The van der Waals surface area contributed by atoms with Crippen molar-refractivity contribution in [2.24, 2.45) is 0 Å². The number of aryl methyl sites for hydroxylation is 2. The van der Waals surface area contributed by atoms with Gasteiger partial charge in [0.25, 0.3) is 0 Å². The molecule has 2 heterocycles. The molecule has 0 aliphatic carbocycles. The molecule has 0 radical (unpaired) electrons. The van der Waals surface area contributed by atoms with Gasteiger partial charge in [0.15, 0.2) is 11.6 Å². The molecule has 3 aromatic rings. The average Bonchev–Trinajstić information content (AvgIpc) is 2.89. The summed E-state index contributed by atoms with van der Waals surface area (Å²) < 4.78 is 27.7. The molecule has 1 aromatic carbocycles. The third-order valence-corrected chi connectivity index (χ3v) is 3.38. The van der Waals surface area contributed by atoms with Crippen LogP contribution in [-0.2, 0) is 0 Å². The van der Waals surface area contributed by atoms with Crippen molar-refractivity contribution in [3.8, 4) is 5.82 Å². The van der Waals surface area contributed by atoms with Crippen molar-refractivity contribution in [1.29, 1.82) is 0 Å². The molecule has 0 spiro atoms. The molecule has 0 unspecified atom stereocenters. The van der Waals surface area contributed by atoms with E-state index in [1.54, 1.807) is 19.9 Å². The van der Waals surface area contributed by atoms with Crippen LogP contribution >= 0.6 is 0 Å². The van der Waals surface area contributed by atoms with Crippen LogP contribution in [0, 0.1) is 35.6 Å². The quantitative estimate of drug-likeness (QED) is 0.575. The SMILES string of the molecule is Cc1cc(C)n(-c2ncnc(Nc3ccc(F)c(F)c3)c2[N+](=O)[O-])n1. The van der Waals surface area contributed by atoms with Gasteiger partial charge < -0.3 is 5.32 Å². The van der Waals surface area contributed by atoms with Crippen molar-refractivity contribution in [1.82, 2.24) is 19.7 Å². The number of hydrogen-bond donors (Lipinski definition) is 1. The van der Waals surface area contributed by atoms with Gasteiger partial charge in [0, 0.05) is 17.4 Å². The molecule has 0 fully saturated rings. The number of aromatic nitrogens is 4. The Morgan fingerprint density at radius 3 is 2.52 bits per heavy atom. The minimum absolute atomic E-state index is 0.0318. The van der Waals surface area contributed by atoms with Gasteiger partial charge in [-0.25, -0.2) is 23.4 Å². The summed E-state index contributed by atoms with van der Waals surface area (Å²) in [7, 11) is 0. The van der Waals surface area contributed by atoms with Crippen molar-refractivity contribution in [3.63, 3.8) is 0 Å². The highest BCUT2D eigenvalue weighted by Crippen LogP contribution is 2.30. The number of anilines is 2. The lowest BCUT2D eigenvalue weighted by Gasteiger charge is -2.09. The lowest BCUT2D eigenvalue weighted by atomic mass is 10.3. The molecule has 1 N–H and O–H groups in total. The van der Waals surface area contributed by atoms with Gasteiger partial charge in [-0.2, -0.15) is 5.10 Å². The minimum atomic E-state index is -1.08. The van der Waals surface area contributed by atoms with Crippen LogP contribution in [0.3, 0.4) is 0 Å². The fraction of sp³-hybridized carbons (Fsp3) is 0.133. The Bertz CT molecular complexity index is 973. The predicted octanol–water partition coefficient (Wildman–Crippen LogP) is 3.21. The molecule has 8 nitrogen and oxygen atoms in total. The zero-order chi connectivity index (χ0) is 18.1. The molecule has 25 heavy (non-hydrogen) atoms. The van der Waals surface area contributed by atoms with E-state index in [0.717, 1.165) is 18.5 Å². The van der Waals surface area contributed by atoms with Crippen LogP contribution in [0.5, 0.6) is 0 Å². The Balaban J connectivity index is 2.11. The van der Waals surface area contributed by atoms with Crippen molar-refractivity contribution < 1.29 is 13.7 Å². The van der Waals surface area contributed by atoms with Crippen LogP contribution < -0.4 is 5.32 Å². The number of rotatable bonds is 4. The Morgan fingerprint density at radius 1 is 1.16 bits per heavy atom. The van der Waals surface area contributed by atoms with Crippen LogP contribution in [0.1, 0.15) is 11.4 Å². The number of nitrogens with one attached hydrogen (secondary N) is 1. The molecular formula is C15H12F2N6O2. The van der Waals surface area contributed by atoms with Gasteiger partial charge in [0.05, 0.1) is 10.6 Å². The number of benzene rings is 1. The first-order valence-corrected chi connectivity index (χ1v) is 7.12. The average molecular weight is 346 g/mol. The second kappa shape index (κ2) is 6.23. The first-order valence-electron chi connectivity index (χ1n) is 7.12. The fourth-order valence-corrected chi connectivity index (χ4v) is 2.34. The normalized spacial score (nSPS) is 10.7. The van der Waals surface area contributed by atoms with E-state index in [2.05, 4.69) is 20.4 Å². The largest absolute Gasteiger partial charge is 0.355 e. The zero-order valence-electron chi connectivity index (χ0n) is 13.2. The molecular weight excluding hydrogens is 334 g/mol. The van der Waals surface area contributed by atoms with Crippen molar-refractivity contribution >= 4 is 17.2 Å². The summed E-state index contributed by atoms with van der Waals surface area (Å²) in [6.45, 7) is 3.48. The Labute approximate surface area is 140 Å². The molecule has 128 valence electrons. The Kier molecular flexibility index (Phi) is 4.09. The summed E-state index contributed by atoms with van der Waals surface area (Å²) in [6, 6.07) is 4.78. The number of hydrogen-bond acceptors (Lipinski definition) is 6. The van der Waals surface area contributed by atoms with Crippen LogP contribution in [0.25, 0.3) is 5.82 Å². The molecule has 2 aromatic heterocycles. The van der Waals surface area contributed by atoms with Crippen molar-refractivity contribution in [3.05, 3.63) is 63.7 Å². The minimum Gasteiger partial charge on any atom is -0.334 e. The molecule has 0 aliphatic rings. The van der Waals surface area contributed by atoms with Crippen molar-refractivity contribution in [2.75, 3.05) is 5.32 Å². The van der Waals surface area contributed by atoms with E-state index in [4.69, 9.17) is 0 Å². The second-order valence-corrected chi connectivity index (χ2v) is 5.24. The smallest absolute Gasteiger partial charge is 0.334 e. The van der Waals surface area contributed by atoms with Gasteiger partial charge >= 0.3 is 5.69 Å². The number of nitro groups is 1. The molecule has 0 aliphatic heterocycles. The van der Waals surface area contributed by atoms with Crippen LogP contribution in [0.2, 0.25) is 0 Å².